The summed E-state index contributed by atoms with van der Waals surface area (Å²) in [4.78, 5) is 4.27. The molecule has 1 atom stereocenters. The Labute approximate surface area is 171 Å². The van der Waals surface area contributed by atoms with Crippen LogP contribution in [0.5, 0.6) is 5.75 Å². The van der Waals surface area contributed by atoms with E-state index >= 15 is 0 Å². The van der Waals surface area contributed by atoms with E-state index in [1.807, 2.05) is 0 Å². The fourth-order valence-corrected chi connectivity index (χ4v) is 5.10. The molecule has 160 valence electrons. The molecule has 11 heteroatoms. The third kappa shape index (κ3) is 3.63. The number of aryl methyl sites for hydroxylation is 1. The fourth-order valence-electron chi connectivity index (χ4n) is 3.60. The summed E-state index contributed by atoms with van der Waals surface area (Å²) in [7, 11) is -2.24. The van der Waals surface area contributed by atoms with Gasteiger partial charge in [-0.2, -0.15) is 22.6 Å². The van der Waals surface area contributed by atoms with Crippen molar-refractivity contribution in [1.29, 1.82) is 0 Å². The van der Waals surface area contributed by atoms with Crippen molar-refractivity contribution >= 4 is 15.7 Å². The zero-order valence-corrected chi connectivity index (χ0v) is 17.0. The van der Waals surface area contributed by atoms with Crippen molar-refractivity contribution < 1.29 is 26.3 Å². The predicted molar refractivity (Wildman–Crippen MR) is 102 cm³/mol. The van der Waals surface area contributed by atoms with E-state index < -0.39 is 21.9 Å². The zero-order valence-electron chi connectivity index (χ0n) is 16.2. The van der Waals surface area contributed by atoms with Crippen LogP contribution in [0.3, 0.4) is 0 Å². The summed E-state index contributed by atoms with van der Waals surface area (Å²) in [6, 6.07) is 8.50. The summed E-state index contributed by atoms with van der Waals surface area (Å²) in [5.74, 6) is 0.224. The highest BCUT2D eigenvalue weighted by Gasteiger charge is 2.37. The van der Waals surface area contributed by atoms with E-state index in [0.29, 0.717) is 17.9 Å². The van der Waals surface area contributed by atoms with Crippen LogP contribution in [-0.4, -0.2) is 47.5 Å². The summed E-state index contributed by atoms with van der Waals surface area (Å²) in [6.45, 7) is 1.88. The zero-order chi connectivity index (χ0) is 21.7. The van der Waals surface area contributed by atoms with Crippen molar-refractivity contribution in [2.75, 3.05) is 20.2 Å². The van der Waals surface area contributed by atoms with Gasteiger partial charge >= 0.3 is 6.18 Å². The van der Waals surface area contributed by atoms with Gasteiger partial charge in [0.2, 0.25) is 10.0 Å². The van der Waals surface area contributed by atoms with Gasteiger partial charge in [0, 0.05) is 30.8 Å². The highest BCUT2D eigenvalue weighted by Crippen LogP contribution is 2.34. The number of sulfonamides is 1. The van der Waals surface area contributed by atoms with Gasteiger partial charge in [-0.05, 0) is 43.7 Å². The second-order valence-corrected chi connectivity index (χ2v) is 9.08. The standard InChI is InChI=1S/C19H19F3N4O3S/c1-12-9-17(19(20,21)22)26-18(23-12)10-16(24-26)13-7-8-25(11-13)30(27,28)15-5-3-14(29-2)4-6-15/h3-6,9-10,13H,7-8,11H2,1-2H3. The molecule has 1 fully saturated rings. The van der Waals surface area contributed by atoms with E-state index in [0.717, 1.165) is 10.6 Å². The molecule has 0 bridgehead atoms. The maximum atomic E-state index is 13.4. The molecule has 0 saturated carbocycles. The molecule has 0 amide bonds. The molecule has 1 saturated heterocycles. The SMILES string of the molecule is COc1ccc(S(=O)(=O)N2CCC(c3cc4nc(C)cc(C(F)(F)F)n4n3)C2)cc1. The van der Waals surface area contributed by atoms with Gasteiger partial charge in [-0.1, -0.05) is 0 Å². The van der Waals surface area contributed by atoms with Crippen LogP contribution in [0.4, 0.5) is 13.2 Å². The number of aromatic nitrogens is 3. The smallest absolute Gasteiger partial charge is 0.433 e. The van der Waals surface area contributed by atoms with Crippen molar-refractivity contribution in [2.45, 2.75) is 30.3 Å². The number of methoxy groups -OCH3 is 1. The largest absolute Gasteiger partial charge is 0.497 e. The molecule has 1 aromatic carbocycles. The lowest BCUT2D eigenvalue weighted by Gasteiger charge is -2.16. The Kier molecular flexibility index (Phi) is 4.97. The Hall–Kier alpha value is -2.66. The molecule has 0 N–H and O–H groups in total. The minimum Gasteiger partial charge on any atom is -0.497 e. The van der Waals surface area contributed by atoms with Gasteiger partial charge in [0.1, 0.15) is 11.4 Å². The molecule has 0 radical (unpaired) electrons. The highest BCUT2D eigenvalue weighted by atomic mass is 32.2. The van der Waals surface area contributed by atoms with E-state index in [1.165, 1.54) is 36.5 Å². The maximum absolute atomic E-state index is 13.4. The normalized spacial score (nSPS) is 18.2. The summed E-state index contributed by atoms with van der Waals surface area (Å²) in [5, 5.41) is 4.11. The van der Waals surface area contributed by atoms with E-state index in [2.05, 4.69) is 10.1 Å². The molecule has 1 unspecified atom stereocenters. The molecule has 0 spiro atoms. The topological polar surface area (TPSA) is 76.8 Å². The second-order valence-electron chi connectivity index (χ2n) is 7.14. The van der Waals surface area contributed by atoms with Crippen molar-refractivity contribution in [1.82, 2.24) is 18.9 Å². The molecule has 4 rings (SSSR count). The molecule has 0 aliphatic carbocycles. The second kappa shape index (κ2) is 7.24. The first-order chi connectivity index (χ1) is 14.1. The maximum Gasteiger partial charge on any atom is 0.433 e. The van der Waals surface area contributed by atoms with Crippen LogP contribution in [0.15, 0.2) is 41.3 Å². The molecule has 1 aliphatic rings. The summed E-state index contributed by atoms with van der Waals surface area (Å²) in [5.41, 5.74) is -0.187. The van der Waals surface area contributed by atoms with E-state index in [9.17, 15) is 21.6 Å². The number of fused-ring (bicyclic) bond motifs is 1. The van der Waals surface area contributed by atoms with E-state index in [-0.39, 0.29) is 35.2 Å². The van der Waals surface area contributed by atoms with Crippen LogP contribution in [0.2, 0.25) is 0 Å². The van der Waals surface area contributed by atoms with Gasteiger partial charge in [0.05, 0.1) is 17.7 Å². The molecule has 7 nitrogen and oxygen atoms in total. The van der Waals surface area contributed by atoms with Crippen molar-refractivity contribution in [3.8, 4) is 5.75 Å². The average molecular weight is 440 g/mol. The fraction of sp³-hybridized carbons (Fsp3) is 0.368. The molecular formula is C19H19F3N4O3S. The Morgan fingerprint density at radius 1 is 1.17 bits per heavy atom. The van der Waals surface area contributed by atoms with Gasteiger partial charge in [0.15, 0.2) is 5.65 Å². The number of alkyl halides is 3. The van der Waals surface area contributed by atoms with Crippen LogP contribution < -0.4 is 4.74 Å². The van der Waals surface area contributed by atoms with Crippen molar-refractivity contribution in [2.24, 2.45) is 0 Å². The van der Waals surface area contributed by atoms with Crippen molar-refractivity contribution in [3.63, 3.8) is 0 Å². The van der Waals surface area contributed by atoms with Gasteiger partial charge < -0.3 is 4.74 Å². The van der Waals surface area contributed by atoms with Crippen molar-refractivity contribution in [3.05, 3.63) is 53.5 Å². The number of ether oxygens (including phenoxy) is 1. The number of benzene rings is 1. The first-order valence-electron chi connectivity index (χ1n) is 9.18. The molecule has 2 aromatic heterocycles. The Bertz CT molecular complexity index is 1190. The Balaban J connectivity index is 1.62. The summed E-state index contributed by atoms with van der Waals surface area (Å²) in [6.07, 6.45) is -4.12. The molecule has 1 aliphatic heterocycles. The summed E-state index contributed by atoms with van der Waals surface area (Å²) >= 11 is 0. The van der Waals surface area contributed by atoms with Crippen LogP contribution in [0.25, 0.3) is 5.65 Å². The van der Waals surface area contributed by atoms with Crippen LogP contribution in [-0.2, 0) is 16.2 Å². The number of halogens is 3. The van der Waals surface area contributed by atoms with Crippen LogP contribution >= 0.6 is 0 Å². The predicted octanol–water partition coefficient (Wildman–Crippen LogP) is 3.24. The first kappa shape index (κ1) is 20.6. The van der Waals surface area contributed by atoms with Gasteiger partial charge in [-0.25, -0.2) is 17.9 Å². The molecule has 3 heterocycles. The monoisotopic (exact) mass is 440 g/mol. The number of hydrogen-bond acceptors (Lipinski definition) is 5. The molecule has 3 aromatic rings. The minimum absolute atomic E-state index is 0.0915. The van der Waals surface area contributed by atoms with E-state index in [4.69, 9.17) is 4.74 Å². The first-order valence-corrected chi connectivity index (χ1v) is 10.6. The number of nitrogens with zero attached hydrogens (tertiary/aromatic N) is 4. The minimum atomic E-state index is -4.57. The van der Waals surface area contributed by atoms with Crippen LogP contribution in [0, 0.1) is 6.92 Å². The Morgan fingerprint density at radius 2 is 1.87 bits per heavy atom. The van der Waals surface area contributed by atoms with Gasteiger partial charge in [-0.3, -0.25) is 0 Å². The molecule has 30 heavy (non-hydrogen) atoms. The lowest BCUT2D eigenvalue weighted by atomic mass is 10.1. The Morgan fingerprint density at radius 3 is 2.50 bits per heavy atom. The number of hydrogen-bond donors (Lipinski definition) is 0. The van der Waals surface area contributed by atoms with Gasteiger partial charge in [0.25, 0.3) is 0 Å². The highest BCUT2D eigenvalue weighted by molar-refractivity contribution is 7.89. The summed E-state index contributed by atoms with van der Waals surface area (Å²) < 4.78 is 73.1. The lowest BCUT2D eigenvalue weighted by Crippen LogP contribution is -2.28. The van der Waals surface area contributed by atoms with E-state index in [1.54, 1.807) is 12.1 Å². The molecular weight excluding hydrogens is 421 g/mol. The average Bonchev–Trinajstić information content (AvgIpc) is 3.33. The third-order valence-electron chi connectivity index (χ3n) is 5.13. The van der Waals surface area contributed by atoms with Crippen LogP contribution in [0.1, 0.15) is 29.4 Å². The number of rotatable bonds is 4. The lowest BCUT2D eigenvalue weighted by molar-refractivity contribution is -0.142. The van der Waals surface area contributed by atoms with Gasteiger partial charge in [-0.15, -0.1) is 0 Å². The third-order valence-corrected chi connectivity index (χ3v) is 7.01. The quantitative estimate of drug-likeness (QED) is 0.623.